The average molecular weight is 982 g/mol. The number of nitrogens with one attached hydrogen (secondary N) is 6. The Bertz CT molecular complexity index is 3440. The molecule has 0 radical (unpaired) electrons. The Morgan fingerprint density at radius 1 is 0.671 bits per heavy atom. The van der Waals surface area contributed by atoms with Crippen molar-refractivity contribution >= 4 is 45.9 Å². The van der Waals surface area contributed by atoms with Gasteiger partial charge in [-0.25, -0.2) is 24.5 Å². The number of aromatic nitrogens is 11. The number of aliphatic hydroxyl groups is 2. The Labute approximate surface area is 422 Å². The summed E-state index contributed by atoms with van der Waals surface area (Å²) in [5.74, 6) is 5.36. The zero-order chi connectivity index (χ0) is 49.0. The Balaban J connectivity index is 0.714. The molecule has 2 aliphatic carbocycles. The zero-order valence-corrected chi connectivity index (χ0v) is 41.1. The van der Waals surface area contributed by atoms with Crippen LogP contribution in [0.2, 0.25) is 0 Å². The number of hydrogen-bond donors (Lipinski definition) is 8. The first-order valence-electron chi connectivity index (χ1n) is 26.2. The molecule has 4 fully saturated rings. The van der Waals surface area contributed by atoms with E-state index in [1.165, 1.54) is 29.5 Å². The fourth-order valence-electron chi connectivity index (χ4n) is 10.8. The number of pyridine rings is 2. The monoisotopic (exact) mass is 982 g/mol. The zero-order valence-electron chi connectivity index (χ0n) is 41.1. The van der Waals surface area contributed by atoms with Crippen LogP contribution in [-0.2, 0) is 19.5 Å². The summed E-state index contributed by atoms with van der Waals surface area (Å²) in [4.78, 5) is 20.1. The van der Waals surface area contributed by atoms with Gasteiger partial charge in [0.1, 0.15) is 28.9 Å². The molecule has 2 aliphatic heterocycles. The third-order valence-electron chi connectivity index (χ3n) is 15.5. The average Bonchev–Trinajstić information content (AvgIpc) is 4.25. The lowest BCUT2D eigenvalue weighted by atomic mass is 9.93. The number of β-amino-alcohol motifs (C(OH)–C–C–N with tert-alkyl or cyclic N) is 2. The summed E-state index contributed by atoms with van der Waals surface area (Å²) < 4.78 is 7.71. The molecule has 9 aromatic rings. The van der Waals surface area contributed by atoms with Gasteiger partial charge in [-0.2, -0.15) is 19.2 Å². The molecule has 0 spiro atoms. The smallest absolute Gasteiger partial charge is 0.170 e. The Kier molecular flexibility index (Phi) is 12.1. The molecule has 1 unspecified atom stereocenters. The second kappa shape index (κ2) is 19.3. The van der Waals surface area contributed by atoms with Crippen molar-refractivity contribution in [2.24, 2.45) is 11.8 Å². The van der Waals surface area contributed by atoms with E-state index in [0.717, 1.165) is 113 Å². The second-order valence-electron chi connectivity index (χ2n) is 20.9. The summed E-state index contributed by atoms with van der Waals surface area (Å²) >= 11 is 0. The van der Waals surface area contributed by atoms with Crippen LogP contribution >= 0.6 is 0 Å². The van der Waals surface area contributed by atoms with E-state index in [-0.39, 0.29) is 23.9 Å². The van der Waals surface area contributed by atoms with Crippen molar-refractivity contribution in [2.45, 2.75) is 94.9 Å². The number of benzene rings is 1. The van der Waals surface area contributed by atoms with Crippen LogP contribution in [0.1, 0.15) is 97.0 Å². The van der Waals surface area contributed by atoms with E-state index >= 15 is 0 Å². The lowest BCUT2D eigenvalue weighted by Crippen LogP contribution is -2.43. The fraction of sp³-hybridized carbons (Fsp3) is 0.426. The van der Waals surface area contributed by atoms with E-state index in [9.17, 15) is 10.2 Å². The highest BCUT2D eigenvalue weighted by atomic mass is 16.3. The van der Waals surface area contributed by atoms with E-state index in [1.54, 1.807) is 0 Å². The van der Waals surface area contributed by atoms with Gasteiger partial charge in [-0.15, -0.1) is 5.10 Å². The molecule has 4 aliphatic rings. The number of hydrogen-bond acceptors (Lipinski definition) is 15. The summed E-state index contributed by atoms with van der Waals surface area (Å²) in [6.07, 6.45) is 16.7. The maximum atomic E-state index is 10.7. The van der Waals surface area contributed by atoms with Crippen molar-refractivity contribution < 1.29 is 10.2 Å². The van der Waals surface area contributed by atoms with Crippen molar-refractivity contribution in [3.63, 3.8) is 0 Å². The molecule has 376 valence electrons. The van der Waals surface area contributed by atoms with Crippen LogP contribution in [0, 0.1) is 11.8 Å². The molecule has 5 atom stereocenters. The number of rotatable bonds is 18. The third-order valence-corrected chi connectivity index (χ3v) is 15.5. The molecular formula is C54H63N17O2. The summed E-state index contributed by atoms with van der Waals surface area (Å²) in [7, 11) is 0. The van der Waals surface area contributed by atoms with Gasteiger partial charge in [0, 0.05) is 79.9 Å². The molecule has 8 N–H and O–H groups in total. The number of piperidine rings is 2. The topological polar surface area (TPSA) is 221 Å². The summed E-state index contributed by atoms with van der Waals surface area (Å²) in [6, 6.07) is 21.4. The molecule has 10 heterocycles. The normalized spacial score (nSPS) is 20.8. The first-order chi connectivity index (χ1) is 35.8. The van der Waals surface area contributed by atoms with Crippen LogP contribution in [0.25, 0.3) is 33.7 Å². The van der Waals surface area contributed by atoms with E-state index in [4.69, 9.17) is 35.2 Å². The first-order valence-corrected chi connectivity index (χ1v) is 26.2. The molecule has 73 heavy (non-hydrogen) atoms. The molecule has 0 bridgehead atoms. The maximum Gasteiger partial charge on any atom is 0.170 e. The van der Waals surface area contributed by atoms with Gasteiger partial charge in [0.05, 0.1) is 43.4 Å². The van der Waals surface area contributed by atoms with Gasteiger partial charge in [0.25, 0.3) is 0 Å². The molecule has 19 heteroatoms. The predicted octanol–water partition coefficient (Wildman–Crippen LogP) is 6.22. The molecule has 2 saturated carbocycles. The van der Waals surface area contributed by atoms with Gasteiger partial charge in [0.2, 0.25) is 0 Å². The molecule has 13 rings (SSSR count). The number of imidazole rings is 1. The molecule has 1 aromatic carbocycles. The van der Waals surface area contributed by atoms with Gasteiger partial charge >= 0.3 is 0 Å². The van der Waals surface area contributed by atoms with Crippen LogP contribution in [0.3, 0.4) is 0 Å². The summed E-state index contributed by atoms with van der Waals surface area (Å²) in [5.41, 5.74) is 11.3. The highest BCUT2D eigenvalue weighted by Crippen LogP contribution is 2.42. The van der Waals surface area contributed by atoms with Crippen LogP contribution in [0.15, 0.2) is 91.6 Å². The second-order valence-corrected chi connectivity index (χ2v) is 20.9. The number of fused-ring (bicyclic) bond motifs is 4. The van der Waals surface area contributed by atoms with Gasteiger partial charge in [0.15, 0.2) is 22.8 Å². The van der Waals surface area contributed by atoms with E-state index in [0.29, 0.717) is 56.9 Å². The van der Waals surface area contributed by atoms with E-state index in [2.05, 4.69) is 104 Å². The van der Waals surface area contributed by atoms with E-state index in [1.807, 2.05) is 44.3 Å². The van der Waals surface area contributed by atoms with Crippen molar-refractivity contribution in [2.75, 3.05) is 60.5 Å². The Hall–Kier alpha value is -7.19. The highest BCUT2D eigenvalue weighted by molar-refractivity contribution is 5.69. The lowest BCUT2D eigenvalue weighted by Gasteiger charge is -2.28. The molecule has 0 amide bonds. The third kappa shape index (κ3) is 9.65. The fourth-order valence-corrected chi connectivity index (χ4v) is 10.8. The van der Waals surface area contributed by atoms with Gasteiger partial charge < -0.3 is 46.5 Å². The lowest BCUT2D eigenvalue weighted by molar-refractivity contribution is 0.0881. The standard InChI is InChI=1S/C54H63N17O2/c1-32(42-26-61-70-50(22-46(65-53(42)70)57-23-39-9-13-55-28-44(39)72)60-30-48-64-52-20-37(34-5-6-34)12-16-69(52)67-48)17-33-3-2-4-36(18-33)38-11-15-68-31-41(63-51(68)19-38)25-59-49-21-47(58-24-40-10-14-56-29-45(40)73)66-54-43(35-7-8-35)27-62-71(49)54/h2-4,11-12,15-16,18-22,26-27,31-32,34-35,39-40,44-45,55-56,59-60,72-73H,5-10,13-14,17,23-25,28-30H2,1H3,(H,57,65)(H,58,66)/t32?,39-,40-,44+,45+/m1/s1. The minimum atomic E-state index is -0.413. The van der Waals surface area contributed by atoms with Crippen molar-refractivity contribution in [1.82, 2.24) is 63.8 Å². The number of aliphatic hydroxyl groups excluding tert-OH is 2. The molecule has 2 saturated heterocycles. The van der Waals surface area contributed by atoms with Crippen LogP contribution in [0.5, 0.6) is 0 Å². The summed E-state index contributed by atoms with van der Waals surface area (Å²) in [6.45, 7) is 7.44. The van der Waals surface area contributed by atoms with Crippen molar-refractivity contribution in [3.05, 3.63) is 125 Å². The van der Waals surface area contributed by atoms with Crippen LogP contribution < -0.4 is 31.9 Å². The quantitative estimate of drug-likeness (QED) is 0.0479. The molecule has 8 aromatic heterocycles. The van der Waals surface area contributed by atoms with Crippen molar-refractivity contribution in [1.29, 1.82) is 0 Å². The van der Waals surface area contributed by atoms with Crippen LogP contribution in [0.4, 0.5) is 23.3 Å². The predicted molar refractivity (Wildman–Crippen MR) is 281 cm³/mol. The highest BCUT2D eigenvalue weighted by Gasteiger charge is 2.30. The van der Waals surface area contributed by atoms with Gasteiger partial charge in [-0.1, -0.05) is 31.2 Å². The largest absolute Gasteiger partial charge is 0.391 e. The van der Waals surface area contributed by atoms with Gasteiger partial charge in [-0.05, 0) is 122 Å². The summed E-state index contributed by atoms with van der Waals surface area (Å²) in [5, 5.41) is 56.6. The van der Waals surface area contributed by atoms with E-state index < -0.39 is 6.10 Å². The first kappa shape index (κ1) is 45.7. The SMILES string of the molecule is CC(Cc1cccc(-c2ccn3cc(CNc4cc(NC[C@H]5CCNC[C@@H]5O)nc5c(C6CC6)cnn45)nc3c2)c1)c1cnn2c(NCc3nc4cc(C5CC5)ccn4n3)cc(NC[C@H]3CCNC[C@@H]3O)nc12. The Morgan fingerprint density at radius 3 is 2.11 bits per heavy atom. The van der Waals surface area contributed by atoms with Gasteiger partial charge in [-0.3, -0.25) is 0 Å². The van der Waals surface area contributed by atoms with Crippen LogP contribution in [-0.4, -0.2) is 115 Å². The Morgan fingerprint density at radius 2 is 1.37 bits per heavy atom. The van der Waals surface area contributed by atoms with Crippen molar-refractivity contribution in [3.8, 4) is 11.1 Å². The molecular weight excluding hydrogens is 919 g/mol. The number of anilines is 4. The number of nitrogens with zero attached hydrogens (tertiary/aromatic N) is 11. The minimum Gasteiger partial charge on any atom is -0.391 e. The minimum absolute atomic E-state index is 0.0954. The molecule has 19 nitrogen and oxygen atoms in total. The maximum absolute atomic E-state index is 10.7.